The summed E-state index contributed by atoms with van der Waals surface area (Å²) in [5.74, 6) is 0.203. The summed E-state index contributed by atoms with van der Waals surface area (Å²) in [6.45, 7) is 5.28. The molecule has 2 amide bonds. The van der Waals surface area contributed by atoms with Gasteiger partial charge in [-0.2, -0.15) is 13.2 Å². The van der Waals surface area contributed by atoms with E-state index in [1.807, 2.05) is 11.5 Å². The Labute approximate surface area is 166 Å². The number of carbonyl (C=O) groups excluding carboxylic acids is 2. The molecule has 2 heterocycles. The predicted octanol–water partition coefficient (Wildman–Crippen LogP) is 3.15. The summed E-state index contributed by atoms with van der Waals surface area (Å²) in [5.41, 5.74) is 0.899. The van der Waals surface area contributed by atoms with Gasteiger partial charge in [0.2, 0.25) is 5.91 Å². The average Bonchev–Trinajstić information content (AvgIpc) is 3.07. The summed E-state index contributed by atoms with van der Waals surface area (Å²) in [7, 11) is 0. The molecule has 1 aliphatic heterocycles. The van der Waals surface area contributed by atoms with E-state index < -0.39 is 17.6 Å². The summed E-state index contributed by atoms with van der Waals surface area (Å²) in [4.78, 5) is 30.5. The van der Waals surface area contributed by atoms with Crippen molar-refractivity contribution in [1.82, 2.24) is 19.8 Å². The van der Waals surface area contributed by atoms with E-state index in [4.69, 9.17) is 0 Å². The summed E-state index contributed by atoms with van der Waals surface area (Å²) in [6.07, 6.45) is -3.60. The second-order valence-electron chi connectivity index (χ2n) is 6.85. The molecule has 29 heavy (non-hydrogen) atoms. The Balaban J connectivity index is 1.81. The standard InChI is InChI=1S/C20H23F3N4O2/c1-3-18(28)24-11-17-25-15-8-9-26(12-16(15)27(17)4-2)19(29)13-6-5-7-14(10-13)20(21,22)23/h5-7,10H,3-4,8-9,11-12H2,1-2H3,(H,24,28). The monoisotopic (exact) mass is 408 g/mol. The van der Waals surface area contributed by atoms with Gasteiger partial charge in [0.1, 0.15) is 5.82 Å². The van der Waals surface area contributed by atoms with E-state index >= 15 is 0 Å². The Bertz CT molecular complexity index is 921. The van der Waals surface area contributed by atoms with Crippen LogP contribution in [0.2, 0.25) is 0 Å². The topological polar surface area (TPSA) is 67.2 Å². The van der Waals surface area contributed by atoms with Crippen LogP contribution in [0.25, 0.3) is 0 Å². The first-order chi connectivity index (χ1) is 13.7. The Morgan fingerprint density at radius 2 is 2.00 bits per heavy atom. The van der Waals surface area contributed by atoms with Gasteiger partial charge in [-0.1, -0.05) is 13.0 Å². The molecular formula is C20H23F3N4O2. The second-order valence-corrected chi connectivity index (χ2v) is 6.85. The second kappa shape index (κ2) is 8.26. The lowest BCUT2D eigenvalue weighted by atomic mass is 10.1. The quantitative estimate of drug-likeness (QED) is 0.827. The highest BCUT2D eigenvalue weighted by atomic mass is 19.4. The van der Waals surface area contributed by atoms with Crippen molar-refractivity contribution in [3.05, 3.63) is 52.6 Å². The minimum Gasteiger partial charge on any atom is -0.349 e. The van der Waals surface area contributed by atoms with Crippen molar-refractivity contribution < 1.29 is 22.8 Å². The largest absolute Gasteiger partial charge is 0.416 e. The molecular weight excluding hydrogens is 385 g/mol. The fourth-order valence-corrected chi connectivity index (χ4v) is 3.47. The number of amides is 2. The molecule has 0 fully saturated rings. The van der Waals surface area contributed by atoms with Crippen molar-refractivity contribution in [2.45, 2.75) is 52.5 Å². The Morgan fingerprint density at radius 1 is 1.24 bits per heavy atom. The molecule has 1 aromatic carbocycles. The molecule has 1 aromatic heterocycles. The van der Waals surface area contributed by atoms with Gasteiger partial charge in [0.15, 0.2) is 0 Å². The van der Waals surface area contributed by atoms with E-state index in [1.54, 1.807) is 11.8 Å². The third-order valence-electron chi connectivity index (χ3n) is 5.00. The molecule has 156 valence electrons. The molecule has 0 bridgehead atoms. The van der Waals surface area contributed by atoms with Crippen LogP contribution in [0.1, 0.15) is 53.4 Å². The molecule has 3 rings (SSSR count). The smallest absolute Gasteiger partial charge is 0.349 e. The van der Waals surface area contributed by atoms with Gasteiger partial charge >= 0.3 is 6.18 Å². The van der Waals surface area contributed by atoms with E-state index in [-0.39, 0.29) is 18.0 Å². The van der Waals surface area contributed by atoms with Crippen molar-refractivity contribution in [1.29, 1.82) is 0 Å². The summed E-state index contributed by atoms with van der Waals surface area (Å²) >= 11 is 0. The summed E-state index contributed by atoms with van der Waals surface area (Å²) in [5, 5.41) is 2.80. The van der Waals surface area contributed by atoms with Crippen molar-refractivity contribution in [2.24, 2.45) is 0 Å². The SMILES string of the molecule is CCC(=O)NCc1nc2c(n1CC)CN(C(=O)c1cccc(C(F)(F)F)c1)CC2. The molecule has 0 radical (unpaired) electrons. The molecule has 9 heteroatoms. The van der Waals surface area contributed by atoms with Crippen LogP contribution in [-0.4, -0.2) is 32.8 Å². The van der Waals surface area contributed by atoms with Crippen molar-refractivity contribution in [3.8, 4) is 0 Å². The molecule has 0 atom stereocenters. The van der Waals surface area contributed by atoms with Crippen molar-refractivity contribution in [2.75, 3.05) is 6.54 Å². The van der Waals surface area contributed by atoms with Crippen LogP contribution in [-0.2, 0) is 37.0 Å². The number of aromatic nitrogens is 2. The van der Waals surface area contributed by atoms with E-state index in [1.165, 1.54) is 12.1 Å². The van der Waals surface area contributed by atoms with Crippen molar-refractivity contribution in [3.63, 3.8) is 0 Å². The van der Waals surface area contributed by atoms with Crippen LogP contribution in [0.4, 0.5) is 13.2 Å². The Kier molecular flexibility index (Phi) is 5.95. The zero-order chi connectivity index (χ0) is 21.2. The van der Waals surface area contributed by atoms with Gasteiger partial charge in [0.05, 0.1) is 30.0 Å². The maximum atomic E-state index is 13.0. The van der Waals surface area contributed by atoms with E-state index in [2.05, 4.69) is 10.3 Å². The zero-order valence-corrected chi connectivity index (χ0v) is 16.3. The van der Waals surface area contributed by atoms with E-state index in [0.717, 1.165) is 23.5 Å². The number of nitrogens with one attached hydrogen (secondary N) is 1. The van der Waals surface area contributed by atoms with Gasteiger partial charge in [0.25, 0.3) is 5.91 Å². The Hall–Kier alpha value is -2.84. The highest BCUT2D eigenvalue weighted by molar-refractivity contribution is 5.94. The number of nitrogens with zero attached hydrogens (tertiary/aromatic N) is 3. The molecule has 6 nitrogen and oxygen atoms in total. The first kappa shape index (κ1) is 20.9. The lowest BCUT2D eigenvalue weighted by Gasteiger charge is -2.28. The highest BCUT2D eigenvalue weighted by Gasteiger charge is 2.32. The molecule has 1 aliphatic rings. The van der Waals surface area contributed by atoms with Gasteiger partial charge in [-0.15, -0.1) is 0 Å². The molecule has 0 saturated carbocycles. The van der Waals surface area contributed by atoms with Crippen molar-refractivity contribution >= 4 is 11.8 Å². The number of rotatable bonds is 5. The van der Waals surface area contributed by atoms with Gasteiger partial charge in [-0.05, 0) is 25.1 Å². The van der Waals surface area contributed by atoms with Gasteiger partial charge in [0, 0.05) is 31.5 Å². The minimum absolute atomic E-state index is 0.0151. The number of hydrogen-bond acceptors (Lipinski definition) is 3. The van der Waals surface area contributed by atoms with E-state index in [0.29, 0.717) is 38.3 Å². The number of imidazole rings is 1. The normalized spacial score (nSPS) is 13.9. The molecule has 2 aromatic rings. The molecule has 0 saturated heterocycles. The third kappa shape index (κ3) is 4.44. The fraction of sp³-hybridized carbons (Fsp3) is 0.450. The number of fused-ring (bicyclic) bond motifs is 1. The average molecular weight is 408 g/mol. The zero-order valence-electron chi connectivity index (χ0n) is 16.3. The number of halogens is 3. The van der Waals surface area contributed by atoms with Gasteiger partial charge in [-0.3, -0.25) is 9.59 Å². The number of benzene rings is 1. The van der Waals surface area contributed by atoms with Gasteiger partial charge in [-0.25, -0.2) is 4.98 Å². The predicted molar refractivity (Wildman–Crippen MR) is 99.9 cm³/mol. The van der Waals surface area contributed by atoms with Crippen LogP contribution in [0.5, 0.6) is 0 Å². The number of carbonyl (C=O) groups is 2. The fourth-order valence-electron chi connectivity index (χ4n) is 3.47. The molecule has 0 spiro atoms. The third-order valence-corrected chi connectivity index (χ3v) is 5.00. The van der Waals surface area contributed by atoms with E-state index in [9.17, 15) is 22.8 Å². The van der Waals surface area contributed by atoms with Crippen LogP contribution >= 0.6 is 0 Å². The van der Waals surface area contributed by atoms with Crippen LogP contribution < -0.4 is 5.32 Å². The van der Waals surface area contributed by atoms with Crippen LogP contribution in [0.3, 0.4) is 0 Å². The maximum absolute atomic E-state index is 13.0. The number of alkyl halides is 3. The molecule has 0 aliphatic carbocycles. The number of hydrogen-bond donors (Lipinski definition) is 1. The maximum Gasteiger partial charge on any atom is 0.416 e. The Morgan fingerprint density at radius 3 is 2.66 bits per heavy atom. The molecule has 1 N–H and O–H groups in total. The molecule has 0 unspecified atom stereocenters. The van der Waals surface area contributed by atoms with Gasteiger partial charge < -0.3 is 14.8 Å². The van der Waals surface area contributed by atoms with Crippen LogP contribution in [0.15, 0.2) is 24.3 Å². The minimum atomic E-state index is -4.50. The lowest BCUT2D eigenvalue weighted by molar-refractivity contribution is -0.137. The summed E-state index contributed by atoms with van der Waals surface area (Å²) in [6, 6.07) is 4.49. The highest BCUT2D eigenvalue weighted by Crippen LogP contribution is 2.30. The van der Waals surface area contributed by atoms with Crippen LogP contribution in [0, 0.1) is 0 Å². The first-order valence-electron chi connectivity index (χ1n) is 9.55. The lowest BCUT2D eigenvalue weighted by Crippen LogP contribution is -2.37. The summed E-state index contributed by atoms with van der Waals surface area (Å²) < 4.78 is 40.8. The first-order valence-corrected chi connectivity index (χ1v) is 9.55.